The van der Waals surface area contributed by atoms with Crippen LogP contribution in [0.25, 0.3) is 0 Å². The molecular formula is C18H25NO2. The lowest BCUT2D eigenvalue weighted by Gasteiger charge is -2.21. The third-order valence-electron chi connectivity index (χ3n) is 4.78. The van der Waals surface area contributed by atoms with E-state index in [9.17, 15) is 4.79 Å². The summed E-state index contributed by atoms with van der Waals surface area (Å²) in [5.41, 5.74) is 2.07. The number of likely N-dealkylation sites (tertiary alicyclic amines) is 1. The number of nitrogens with zero attached hydrogens (tertiary/aromatic N) is 1. The van der Waals surface area contributed by atoms with Gasteiger partial charge in [0.15, 0.2) is 5.78 Å². The molecule has 0 N–H and O–H groups in total. The van der Waals surface area contributed by atoms with Crippen LogP contribution in [-0.2, 0) is 6.42 Å². The smallest absolute Gasteiger partial charge is 0.163 e. The Morgan fingerprint density at radius 3 is 3.00 bits per heavy atom. The Bertz CT molecular complexity index is 512. The van der Waals surface area contributed by atoms with Crippen molar-refractivity contribution in [2.24, 2.45) is 0 Å². The number of rotatable bonds is 5. The molecule has 1 aromatic rings. The van der Waals surface area contributed by atoms with E-state index in [0.717, 1.165) is 55.3 Å². The summed E-state index contributed by atoms with van der Waals surface area (Å²) in [6.07, 6.45) is 6.41. The molecule has 1 saturated heterocycles. The Kier molecular flexibility index (Phi) is 4.59. The maximum Gasteiger partial charge on any atom is 0.163 e. The highest BCUT2D eigenvalue weighted by molar-refractivity contribution is 5.98. The van der Waals surface area contributed by atoms with Crippen LogP contribution in [0.15, 0.2) is 18.2 Å². The highest BCUT2D eigenvalue weighted by atomic mass is 16.5. The van der Waals surface area contributed by atoms with Gasteiger partial charge in [-0.15, -0.1) is 0 Å². The summed E-state index contributed by atoms with van der Waals surface area (Å²) in [5, 5.41) is 0. The first-order valence-electron chi connectivity index (χ1n) is 8.27. The lowest BCUT2D eigenvalue weighted by Crippen LogP contribution is -2.28. The van der Waals surface area contributed by atoms with Gasteiger partial charge in [0.1, 0.15) is 5.75 Å². The average Bonchev–Trinajstić information content (AvgIpc) is 2.89. The van der Waals surface area contributed by atoms with Gasteiger partial charge in [-0.2, -0.15) is 0 Å². The number of hydrogen-bond acceptors (Lipinski definition) is 3. The molecule has 0 amide bonds. The molecule has 2 aliphatic rings. The monoisotopic (exact) mass is 287 g/mol. The molecule has 0 aromatic heterocycles. The van der Waals surface area contributed by atoms with Gasteiger partial charge in [-0.3, -0.25) is 4.79 Å². The van der Waals surface area contributed by atoms with Crippen molar-refractivity contribution in [1.82, 2.24) is 4.90 Å². The van der Waals surface area contributed by atoms with Crippen LogP contribution in [0.5, 0.6) is 5.75 Å². The van der Waals surface area contributed by atoms with Crippen LogP contribution in [0.2, 0.25) is 0 Å². The van der Waals surface area contributed by atoms with E-state index in [1.165, 1.54) is 19.4 Å². The summed E-state index contributed by atoms with van der Waals surface area (Å²) >= 11 is 0. The van der Waals surface area contributed by atoms with Crippen molar-refractivity contribution in [2.75, 3.05) is 19.7 Å². The number of aryl methyl sites for hydroxylation is 1. The quantitative estimate of drug-likeness (QED) is 0.777. The molecule has 1 atom stereocenters. The van der Waals surface area contributed by atoms with Gasteiger partial charge in [0.05, 0.1) is 6.61 Å². The third kappa shape index (κ3) is 3.46. The van der Waals surface area contributed by atoms with Crippen molar-refractivity contribution in [1.29, 1.82) is 0 Å². The first-order chi connectivity index (χ1) is 10.2. The van der Waals surface area contributed by atoms with Crippen LogP contribution in [0.4, 0.5) is 0 Å². The molecule has 3 heteroatoms. The van der Waals surface area contributed by atoms with Crippen molar-refractivity contribution in [3.63, 3.8) is 0 Å². The standard InChI is InChI=1S/C18H25NO2/c1-14-5-3-10-19(14)11-4-12-21-16-8-9-17-15(13-16)6-2-7-18(17)20/h8-9,13-14H,2-7,10-12H2,1H3. The predicted octanol–water partition coefficient (Wildman–Crippen LogP) is 3.46. The number of benzene rings is 1. The van der Waals surface area contributed by atoms with Crippen LogP contribution in [0, 0.1) is 0 Å². The summed E-state index contributed by atoms with van der Waals surface area (Å²) in [6, 6.07) is 6.68. The van der Waals surface area contributed by atoms with E-state index in [-0.39, 0.29) is 5.78 Å². The Morgan fingerprint density at radius 1 is 1.29 bits per heavy atom. The van der Waals surface area contributed by atoms with E-state index in [1.807, 2.05) is 12.1 Å². The fourth-order valence-electron chi connectivity index (χ4n) is 3.50. The molecule has 0 radical (unpaired) electrons. The summed E-state index contributed by atoms with van der Waals surface area (Å²) in [4.78, 5) is 14.3. The molecule has 0 spiro atoms. The molecule has 1 fully saturated rings. The van der Waals surface area contributed by atoms with E-state index in [4.69, 9.17) is 4.74 Å². The van der Waals surface area contributed by atoms with E-state index in [0.29, 0.717) is 6.42 Å². The molecule has 1 unspecified atom stereocenters. The Hall–Kier alpha value is -1.35. The van der Waals surface area contributed by atoms with Crippen LogP contribution in [0.3, 0.4) is 0 Å². The molecule has 0 bridgehead atoms. The van der Waals surface area contributed by atoms with Crippen molar-refractivity contribution in [3.8, 4) is 5.75 Å². The second-order valence-corrected chi connectivity index (χ2v) is 6.32. The Morgan fingerprint density at radius 2 is 2.19 bits per heavy atom. The lowest BCUT2D eigenvalue weighted by molar-refractivity contribution is 0.0972. The zero-order chi connectivity index (χ0) is 14.7. The molecule has 0 saturated carbocycles. The minimum Gasteiger partial charge on any atom is -0.494 e. The summed E-state index contributed by atoms with van der Waals surface area (Å²) < 4.78 is 5.86. The molecule has 1 aromatic carbocycles. The maximum absolute atomic E-state index is 11.8. The fourth-order valence-corrected chi connectivity index (χ4v) is 3.50. The summed E-state index contributed by atoms with van der Waals surface area (Å²) in [7, 11) is 0. The average molecular weight is 287 g/mol. The minimum atomic E-state index is 0.283. The van der Waals surface area contributed by atoms with Crippen molar-refractivity contribution in [2.45, 2.75) is 51.5 Å². The summed E-state index contributed by atoms with van der Waals surface area (Å²) in [6.45, 7) is 5.44. The zero-order valence-electron chi connectivity index (χ0n) is 12.9. The number of hydrogen-bond donors (Lipinski definition) is 0. The number of Topliss-reactive ketones (excluding diaryl/α,β-unsaturated/α-hetero) is 1. The van der Waals surface area contributed by atoms with E-state index < -0.39 is 0 Å². The minimum absolute atomic E-state index is 0.283. The first kappa shape index (κ1) is 14.6. The molecule has 1 heterocycles. The Balaban J connectivity index is 1.48. The molecule has 1 aliphatic carbocycles. The van der Waals surface area contributed by atoms with Gasteiger partial charge in [0, 0.05) is 24.6 Å². The molecule has 3 rings (SSSR count). The number of ether oxygens (including phenoxy) is 1. The predicted molar refractivity (Wildman–Crippen MR) is 84.1 cm³/mol. The van der Waals surface area contributed by atoms with Gasteiger partial charge >= 0.3 is 0 Å². The second kappa shape index (κ2) is 6.61. The van der Waals surface area contributed by atoms with Crippen molar-refractivity contribution < 1.29 is 9.53 Å². The van der Waals surface area contributed by atoms with E-state index in [1.54, 1.807) is 0 Å². The van der Waals surface area contributed by atoms with Crippen molar-refractivity contribution >= 4 is 5.78 Å². The van der Waals surface area contributed by atoms with Gasteiger partial charge in [-0.25, -0.2) is 0 Å². The number of fused-ring (bicyclic) bond motifs is 1. The van der Waals surface area contributed by atoms with Crippen LogP contribution < -0.4 is 4.74 Å². The number of carbonyl (C=O) groups is 1. The second-order valence-electron chi connectivity index (χ2n) is 6.32. The third-order valence-corrected chi connectivity index (χ3v) is 4.78. The largest absolute Gasteiger partial charge is 0.494 e. The number of carbonyl (C=O) groups excluding carboxylic acids is 1. The van der Waals surface area contributed by atoms with E-state index >= 15 is 0 Å². The topological polar surface area (TPSA) is 29.5 Å². The highest BCUT2D eigenvalue weighted by Crippen LogP contribution is 2.25. The molecule has 114 valence electrons. The van der Waals surface area contributed by atoms with Gasteiger partial charge in [-0.05, 0) is 69.3 Å². The SMILES string of the molecule is CC1CCCN1CCCOc1ccc2c(c1)CCCC2=O. The van der Waals surface area contributed by atoms with Crippen LogP contribution in [-0.4, -0.2) is 36.4 Å². The van der Waals surface area contributed by atoms with E-state index in [2.05, 4.69) is 17.9 Å². The highest BCUT2D eigenvalue weighted by Gasteiger charge is 2.19. The fraction of sp³-hybridized carbons (Fsp3) is 0.611. The van der Waals surface area contributed by atoms with Crippen LogP contribution in [0.1, 0.15) is 54.9 Å². The Labute approximate surface area is 127 Å². The normalized spacial score (nSPS) is 22.3. The lowest BCUT2D eigenvalue weighted by atomic mass is 9.90. The number of ketones is 1. The van der Waals surface area contributed by atoms with Gasteiger partial charge in [0.25, 0.3) is 0 Å². The van der Waals surface area contributed by atoms with Gasteiger partial charge in [0.2, 0.25) is 0 Å². The van der Waals surface area contributed by atoms with Crippen LogP contribution >= 0.6 is 0 Å². The van der Waals surface area contributed by atoms with Crippen molar-refractivity contribution in [3.05, 3.63) is 29.3 Å². The maximum atomic E-state index is 11.8. The van der Waals surface area contributed by atoms with Gasteiger partial charge in [-0.1, -0.05) is 0 Å². The zero-order valence-corrected chi connectivity index (χ0v) is 12.9. The molecule has 1 aliphatic heterocycles. The summed E-state index contributed by atoms with van der Waals surface area (Å²) in [5.74, 6) is 1.20. The molecule has 3 nitrogen and oxygen atoms in total. The molecular weight excluding hydrogens is 262 g/mol. The van der Waals surface area contributed by atoms with Gasteiger partial charge < -0.3 is 9.64 Å². The first-order valence-corrected chi connectivity index (χ1v) is 8.27. The molecule has 21 heavy (non-hydrogen) atoms.